The van der Waals surface area contributed by atoms with E-state index in [0.717, 1.165) is 15.9 Å². The van der Waals surface area contributed by atoms with Crippen LogP contribution in [-0.2, 0) is 11.3 Å². The molecule has 2 rings (SSSR count). The van der Waals surface area contributed by atoms with Crippen LogP contribution in [0.2, 0.25) is 0 Å². The zero-order valence-corrected chi connectivity index (χ0v) is 15.6. The highest BCUT2D eigenvalue weighted by Crippen LogP contribution is 2.12. The van der Waals surface area contributed by atoms with Crippen molar-refractivity contribution in [3.8, 4) is 0 Å². The molecule has 5 heteroatoms. The summed E-state index contributed by atoms with van der Waals surface area (Å²) < 4.78 is 6.26. The Labute approximate surface area is 150 Å². The number of nitrogens with zero attached hydrogens (tertiary/aromatic N) is 2. The molecule has 122 valence electrons. The van der Waals surface area contributed by atoms with Gasteiger partial charge in [0.1, 0.15) is 5.76 Å². The molecule has 1 amide bonds. The van der Waals surface area contributed by atoms with Gasteiger partial charge in [0.05, 0.1) is 0 Å². The van der Waals surface area contributed by atoms with E-state index < -0.39 is 0 Å². The average Bonchev–Trinajstić information content (AvgIpc) is 2.95. The summed E-state index contributed by atoms with van der Waals surface area (Å²) in [6.45, 7) is 2.11. The van der Waals surface area contributed by atoms with Crippen molar-refractivity contribution in [3.05, 3.63) is 63.6 Å². The summed E-state index contributed by atoms with van der Waals surface area (Å²) in [5.41, 5.74) is 1.13. The molecule has 0 saturated carbocycles. The minimum atomic E-state index is -0.0119. The van der Waals surface area contributed by atoms with Crippen molar-refractivity contribution < 1.29 is 9.21 Å². The molecule has 0 spiro atoms. The Bertz CT molecular complexity index is 650. The van der Waals surface area contributed by atoms with Crippen molar-refractivity contribution in [1.82, 2.24) is 9.80 Å². The predicted octanol–water partition coefficient (Wildman–Crippen LogP) is 3.49. The van der Waals surface area contributed by atoms with Crippen molar-refractivity contribution in [2.75, 3.05) is 27.2 Å². The Morgan fingerprint density at radius 1 is 1.13 bits per heavy atom. The molecule has 23 heavy (non-hydrogen) atoms. The molecule has 0 radical (unpaired) electrons. The van der Waals surface area contributed by atoms with Gasteiger partial charge in [-0.3, -0.25) is 4.79 Å². The fraction of sp³-hybridized carbons (Fsp3) is 0.278. The smallest absolute Gasteiger partial charge is 0.247 e. The number of likely N-dealkylation sites (N-methyl/N-ethyl adjacent to an activating group) is 1. The first-order valence-electron chi connectivity index (χ1n) is 7.45. The number of hydrogen-bond acceptors (Lipinski definition) is 3. The van der Waals surface area contributed by atoms with E-state index in [2.05, 4.69) is 27.5 Å². The van der Waals surface area contributed by atoms with Gasteiger partial charge in [-0.1, -0.05) is 30.3 Å². The van der Waals surface area contributed by atoms with Crippen LogP contribution in [-0.4, -0.2) is 42.9 Å². The van der Waals surface area contributed by atoms with Gasteiger partial charge in [-0.15, -0.1) is 0 Å². The largest absolute Gasteiger partial charge is 0.451 e. The fourth-order valence-corrected chi connectivity index (χ4v) is 2.50. The van der Waals surface area contributed by atoms with Gasteiger partial charge in [-0.25, -0.2) is 0 Å². The predicted molar refractivity (Wildman–Crippen MR) is 101 cm³/mol. The van der Waals surface area contributed by atoms with E-state index in [-0.39, 0.29) is 5.91 Å². The number of furan rings is 1. The summed E-state index contributed by atoms with van der Waals surface area (Å²) in [4.78, 5) is 16.4. The third kappa shape index (κ3) is 6.19. The van der Waals surface area contributed by atoms with Crippen LogP contribution in [0, 0.1) is 3.77 Å². The maximum atomic E-state index is 12.5. The van der Waals surface area contributed by atoms with Crippen LogP contribution in [0.4, 0.5) is 0 Å². The highest BCUT2D eigenvalue weighted by atomic mass is 127. The molecular formula is C18H21IN2O2. The Morgan fingerprint density at radius 3 is 2.48 bits per heavy atom. The molecular weight excluding hydrogens is 403 g/mol. The third-order valence-corrected chi connectivity index (χ3v) is 3.91. The number of carbonyl (C=O) groups excluding carboxylic acids is 1. The molecule has 0 bridgehead atoms. The minimum Gasteiger partial charge on any atom is -0.451 e. The summed E-state index contributed by atoms with van der Waals surface area (Å²) in [6.07, 6.45) is 3.30. The normalized spacial score (nSPS) is 11.3. The van der Waals surface area contributed by atoms with E-state index in [0.29, 0.717) is 18.8 Å². The van der Waals surface area contributed by atoms with Crippen molar-refractivity contribution >= 4 is 34.6 Å². The lowest BCUT2D eigenvalue weighted by molar-refractivity contribution is -0.126. The van der Waals surface area contributed by atoms with Crippen molar-refractivity contribution in [2.45, 2.75) is 6.54 Å². The number of amides is 1. The highest BCUT2D eigenvalue weighted by molar-refractivity contribution is 14.1. The third-order valence-electron chi connectivity index (χ3n) is 3.33. The molecule has 0 unspecified atom stereocenters. The summed E-state index contributed by atoms with van der Waals surface area (Å²) in [5, 5.41) is 0. The number of hydrogen-bond donors (Lipinski definition) is 0. The van der Waals surface area contributed by atoms with Crippen molar-refractivity contribution in [1.29, 1.82) is 0 Å². The topological polar surface area (TPSA) is 36.7 Å². The van der Waals surface area contributed by atoms with E-state index in [1.807, 2.05) is 61.5 Å². The molecule has 0 aliphatic carbocycles. The zero-order valence-electron chi connectivity index (χ0n) is 13.4. The van der Waals surface area contributed by atoms with Crippen LogP contribution >= 0.6 is 22.6 Å². The summed E-state index contributed by atoms with van der Waals surface area (Å²) >= 11 is 2.11. The van der Waals surface area contributed by atoms with Gasteiger partial charge in [0.25, 0.3) is 0 Å². The maximum Gasteiger partial charge on any atom is 0.247 e. The summed E-state index contributed by atoms with van der Waals surface area (Å²) in [7, 11) is 4.01. The van der Waals surface area contributed by atoms with Crippen LogP contribution < -0.4 is 0 Å². The lowest BCUT2D eigenvalue weighted by Gasteiger charge is -2.23. The first kappa shape index (κ1) is 17.7. The average molecular weight is 424 g/mol. The van der Waals surface area contributed by atoms with Crippen molar-refractivity contribution in [3.63, 3.8) is 0 Å². The van der Waals surface area contributed by atoms with E-state index in [1.165, 1.54) is 0 Å². The Hall–Kier alpha value is -1.60. The lowest BCUT2D eigenvalue weighted by Crippen LogP contribution is -2.35. The molecule has 0 aliphatic heterocycles. The van der Waals surface area contributed by atoms with Gasteiger partial charge in [-0.05, 0) is 60.5 Å². The summed E-state index contributed by atoms with van der Waals surface area (Å²) in [5.74, 6) is 0.678. The van der Waals surface area contributed by atoms with Crippen LogP contribution in [0.25, 0.3) is 6.08 Å². The molecule has 0 atom stereocenters. The minimum absolute atomic E-state index is 0.0119. The highest BCUT2D eigenvalue weighted by Gasteiger charge is 2.12. The van der Waals surface area contributed by atoms with Crippen LogP contribution in [0.1, 0.15) is 11.3 Å². The molecule has 4 nitrogen and oxygen atoms in total. The molecule has 1 aromatic heterocycles. The summed E-state index contributed by atoms with van der Waals surface area (Å²) in [6, 6.07) is 13.8. The Morgan fingerprint density at radius 2 is 1.87 bits per heavy atom. The van der Waals surface area contributed by atoms with Gasteiger partial charge < -0.3 is 14.2 Å². The SMILES string of the molecule is CN(C)CCN(Cc1ccccc1)C(=O)/C=C/c1ccc(I)o1. The zero-order chi connectivity index (χ0) is 16.7. The standard InChI is InChI=1S/C18H21IN2O2/c1-20(2)12-13-21(14-15-6-4-3-5-7-15)18(22)11-9-16-8-10-17(19)23-16/h3-11H,12-14H2,1-2H3/b11-9+. The number of halogens is 1. The Balaban J connectivity index is 2.05. The lowest BCUT2D eigenvalue weighted by atomic mass is 10.2. The van der Waals surface area contributed by atoms with Gasteiger partial charge >= 0.3 is 0 Å². The molecule has 2 aromatic rings. The molecule has 0 N–H and O–H groups in total. The van der Waals surface area contributed by atoms with Gasteiger partial charge in [-0.2, -0.15) is 0 Å². The van der Waals surface area contributed by atoms with Crippen LogP contribution in [0.15, 0.2) is 53.0 Å². The second kappa shape index (κ2) is 8.88. The molecule has 0 aliphatic rings. The number of benzene rings is 1. The fourth-order valence-electron chi connectivity index (χ4n) is 2.07. The van der Waals surface area contributed by atoms with Crippen LogP contribution in [0.5, 0.6) is 0 Å². The van der Waals surface area contributed by atoms with E-state index in [9.17, 15) is 4.79 Å². The Kier molecular flexibility index (Phi) is 6.85. The van der Waals surface area contributed by atoms with Gasteiger partial charge in [0.2, 0.25) is 5.91 Å². The molecule has 0 saturated heterocycles. The van der Waals surface area contributed by atoms with E-state index in [1.54, 1.807) is 12.2 Å². The van der Waals surface area contributed by atoms with Gasteiger partial charge in [0.15, 0.2) is 3.77 Å². The quantitative estimate of drug-likeness (QED) is 0.505. The number of carbonyl (C=O) groups is 1. The monoisotopic (exact) mass is 424 g/mol. The molecule has 1 heterocycles. The maximum absolute atomic E-state index is 12.5. The van der Waals surface area contributed by atoms with Gasteiger partial charge in [0, 0.05) is 25.7 Å². The van der Waals surface area contributed by atoms with Crippen LogP contribution in [0.3, 0.4) is 0 Å². The number of rotatable bonds is 7. The molecule has 1 aromatic carbocycles. The first-order chi connectivity index (χ1) is 11.0. The van der Waals surface area contributed by atoms with E-state index in [4.69, 9.17) is 4.42 Å². The van der Waals surface area contributed by atoms with E-state index >= 15 is 0 Å². The molecule has 0 fully saturated rings. The first-order valence-corrected chi connectivity index (χ1v) is 8.53. The second-order valence-electron chi connectivity index (χ2n) is 5.52. The second-order valence-corrected chi connectivity index (χ2v) is 6.59. The van der Waals surface area contributed by atoms with Crippen molar-refractivity contribution in [2.24, 2.45) is 0 Å².